The van der Waals surface area contributed by atoms with Crippen molar-refractivity contribution < 1.29 is 19.7 Å². The van der Waals surface area contributed by atoms with Gasteiger partial charge in [-0.3, -0.25) is 4.79 Å². The van der Waals surface area contributed by atoms with E-state index in [0.29, 0.717) is 19.4 Å². The molecule has 1 heterocycles. The lowest BCUT2D eigenvalue weighted by molar-refractivity contribution is -0.148. The Morgan fingerprint density at radius 2 is 1.96 bits per heavy atom. The fraction of sp³-hybridized carbons (Fsp3) is 0.421. The second-order valence-electron chi connectivity index (χ2n) is 7.07. The zero-order valence-electron chi connectivity index (χ0n) is 12.9. The van der Waals surface area contributed by atoms with E-state index in [1.165, 1.54) is 0 Å². The number of aliphatic hydroxyl groups excluding tert-OH is 1. The van der Waals surface area contributed by atoms with Gasteiger partial charge < -0.3 is 14.9 Å². The van der Waals surface area contributed by atoms with Crippen LogP contribution in [0, 0.1) is 11.3 Å². The molecule has 0 radical (unpaired) electrons. The molecule has 4 rings (SSSR count). The molecule has 1 unspecified atom stereocenters. The first-order valence-corrected chi connectivity index (χ1v) is 8.03. The van der Waals surface area contributed by atoms with E-state index in [2.05, 4.69) is 24.3 Å². The van der Waals surface area contributed by atoms with Gasteiger partial charge in [0.1, 0.15) is 0 Å². The van der Waals surface area contributed by atoms with Gasteiger partial charge >= 0.3 is 5.97 Å². The van der Waals surface area contributed by atoms with Crippen LogP contribution in [0.15, 0.2) is 42.5 Å². The van der Waals surface area contributed by atoms with E-state index >= 15 is 0 Å². The Morgan fingerprint density at radius 3 is 2.74 bits per heavy atom. The first kappa shape index (κ1) is 14.7. The van der Waals surface area contributed by atoms with Crippen LogP contribution in [0.5, 0.6) is 0 Å². The van der Waals surface area contributed by atoms with Gasteiger partial charge in [-0.2, -0.15) is 0 Å². The Kier molecular flexibility index (Phi) is 3.22. The summed E-state index contributed by atoms with van der Waals surface area (Å²) in [5, 5.41) is 22.3. The van der Waals surface area contributed by atoms with E-state index in [9.17, 15) is 15.0 Å². The molecule has 1 aliphatic carbocycles. The molecule has 2 aliphatic rings. The second kappa shape index (κ2) is 5.05. The van der Waals surface area contributed by atoms with Crippen molar-refractivity contribution >= 4 is 16.7 Å². The number of esters is 1. The summed E-state index contributed by atoms with van der Waals surface area (Å²) in [4.78, 5) is 12.4. The second-order valence-corrected chi connectivity index (χ2v) is 7.07. The smallest absolute Gasteiger partial charge is 0.312 e. The summed E-state index contributed by atoms with van der Waals surface area (Å²) < 4.78 is 5.29. The monoisotopic (exact) mass is 312 g/mol. The van der Waals surface area contributed by atoms with Gasteiger partial charge in [-0.15, -0.1) is 0 Å². The SMILES string of the molecule is O=C1OC[C@H]2CC(O)(CO)C[C@@]12Cc1ccc2ccccc2c1. The maximum Gasteiger partial charge on any atom is 0.312 e. The predicted molar refractivity (Wildman–Crippen MR) is 85.8 cm³/mol. The van der Waals surface area contributed by atoms with Crippen molar-refractivity contribution in [2.45, 2.75) is 24.9 Å². The van der Waals surface area contributed by atoms with Gasteiger partial charge in [-0.05, 0) is 35.6 Å². The van der Waals surface area contributed by atoms with Gasteiger partial charge in [0.15, 0.2) is 0 Å². The molecule has 2 N–H and O–H groups in total. The minimum atomic E-state index is -1.17. The van der Waals surface area contributed by atoms with Crippen LogP contribution in [0.1, 0.15) is 18.4 Å². The highest BCUT2D eigenvalue weighted by Gasteiger charge is 2.62. The topological polar surface area (TPSA) is 66.8 Å². The molecule has 2 aromatic rings. The third-order valence-corrected chi connectivity index (χ3v) is 5.50. The van der Waals surface area contributed by atoms with Crippen LogP contribution < -0.4 is 0 Å². The number of fused-ring (bicyclic) bond motifs is 2. The highest BCUT2D eigenvalue weighted by atomic mass is 16.5. The summed E-state index contributed by atoms with van der Waals surface area (Å²) in [6, 6.07) is 14.3. The average Bonchev–Trinajstić information content (AvgIpc) is 3.00. The van der Waals surface area contributed by atoms with Crippen LogP contribution in [0.2, 0.25) is 0 Å². The van der Waals surface area contributed by atoms with Crippen molar-refractivity contribution in [3.63, 3.8) is 0 Å². The number of carbonyl (C=O) groups excluding carboxylic acids is 1. The molecule has 0 spiro atoms. The molecule has 2 aromatic carbocycles. The molecule has 4 nitrogen and oxygen atoms in total. The lowest BCUT2D eigenvalue weighted by atomic mass is 9.74. The Labute approximate surface area is 134 Å². The van der Waals surface area contributed by atoms with Gasteiger partial charge in [0.2, 0.25) is 0 Å². The number of hydrogen-bond acceptors (Lipinski definition) is 4. The molecule has 23 heavy (non-hydrogen) atoms. The van der Waals surface area contributed by atoms with Crippen molar-refractivity contribution in [2.75, 3.05) is 13.2 Å². The quantitative estimate of drug-likeness (QED) is 0.851. The zero-order valence-corrected chi connectivity index (χ0v) is 12.9. The van der Waals surface area contributed by atoms with E-state index in [4.69, 9.17) is 4.74 Å². The Morgan fingerprint density at radius 1 is 1.17 bits per heavy atom. The highest BCUT2D eigenvalue weighted by molar-refractivity contribution is 5.84. The molecule has 4 heteroatoms. The van der Waals surface area contributed by atoms with Gasteiger partial charge in [-0.25, -0.2) is 0 Å². The third-order valence-electron chi connectivity index (χ3n) is 5.50. The first-order chi connectivity index (χ1) is 11.0. The molecule has 1 aliphatic heterocycles. The predicted octanol–water partition coefficient (Wildman–Crippen LogP) is 2.06. The van der Waals surface area contributed by atoms with E-state index < -0.39 is 11.0 Å². The lowest BCUT2D eigenvalue weighted by Crippen LogP contribution is -2.36. The maximum atomic E-state index is 12.4. The number of benzene rings is 2. The third kappa shape index (κ3) is 2.25. The molecule has 1 saturated carbocycles. The molecule has 3 atom stereocenters. The van der Waals surface area contributed by atoms with Gasteiger partial charge in [0.05, 0.1) is 24.2 Å². The molecule has 120 valence electrons. The number of aliphatic hydroxyl groups is 2. The minimum Gasteiger partial charge on any atom is -0.465 e. The van der Waals surface area contributed by atoms with Crippen molar-refractivity contribution in [1.82, 2.24) is 0 Å². The molecule has 0 bridgehead atoms. The fourth-order valence-electron chi connectivity index (χ4n) is 4.35. The van der Waals surface area contributed by atoms with Crippen molar-refractivity contribution in [3.05, 3.63) is 48.0 Å². The van der Waals surface area contributed by atoms with E-state index in [0.717, 1.165) is 16.3 Å². The number of cyclic esters (lactones) is 1. The van der Waals surface area contributed by atoms with Crippen LogP contribution in [-0.2, 0) is 16.0 Å². The van der Waals surface area contributed by atoms with Crippen LogP contribution >= 0.6 is 0 Å². The van der Waals surface area contributed by atoms with Gasteiger partial charge in [0, 0.05) is 5.92 Å². The van der Waals surface area contributed by atoms with E-state index in [1.54, 1.807) is 0 Å². The maximum absolute atomic E-state index is 12.4. The Hall–Kier alpha value is -1.91. The number of hydrogen-bond donors (Lipinski definition) is 2. The summed E-state index contributed by atoms with van der Waals surface area (Å²) in [7, 11) is 0. The summed E-state index contributed by atoms with van der Waals surface area (Å²) in [5.74, 6) is -0.265. The van der Waals surface area contributed by atoms with Crippen molar-refractivity contribution in [3.8, 4) is 0 Å². The van der Waals surface area contributed by atoms with Crippen molar-refractivity contribution in [1.29, 1.82) is 0 Å². The standard InChI is InChI=1S/C19H20O4/c20-12-18(22)9-16-10-23-17(21)19(16,11-18)8-13-5-6-14-3-1-2-4-15(14)7-13/h1-7,16,20,22H,8-12H2/t16-,18?,19-/m1/s1. The molecular formula is C19H20O4. The van der Waals surface area contributed by atoms with Gasteiger partial charge in [0.25, 0.3) is 0 Å². The van der Waals surface area contributed by atoms with Crippen LogP contribution in [0.25, 0.3) is 10.8 Å². The first-order valence-electron chi connectivity index (χ1n) is 8.03. The van der Waals surface area contributed by atoms with Crippen LogP contribution in [0.4, 0.5) is 0 Å². The molecule has 1 saturated heterocycles. The minimum absolute atomic E-state index is 0.0291. The molecule has 2 fully saturated rings. The average molecular weight is 312 g/mol. The Bertz CT molecular complexity index is 771. The largest absolute Gasteiger partial charge is 0.465 e. The van der Waals surface area contributed by atoms with Gasteiger partial charge in [-0.1, -0.05) is 42.5 Å². The lowest BCUT2D eigenvalue weighted by Gasteiger charge is -2.26. The van der Waals surface area contributed by atoms with Crippen LogP contribution in [0.3, 0.4) is 0 Å². The summed E-state index contributed by atoms with van der Waals surface area (Å²) >= 11 is 0. The fourth-order valence-corrected chi connectivity index (χ4v) is 4.35. The van der Waals surface area contributed by atoms with E-state index in [-0.39, 0.29) is 24.9 Å². The number of rotatable bonds is 3. The normalized spacial score (nSPS) is 33.0. The zero-order chi connectivity index (χ0) is 16.1. The summed E-state index contributed by atoms with van der Waals surface area (Å²) in [5.41, 5.74) is -0.810. The number of ether oxygens (including phenoxy) is 1. The molecule has 0 amide bonds. The summed E-state index contributed by atoms with van der Waals surface area (Å²) in [6.07, 6.45) is 1.24. The molecular weight excluding hydrogens is 292 g/mol. The van der Waals surface area contributed by atoms with E-state index in [1.807, 2.05) is 18.2 Å². The molecule has 0 aromatic heterocycles. The van der Waals surface area contributed by atoms with Crippen molar-refractivity contribution in [2.24, 2.45) is 11.3 Å². The Balaban J connectivity index is 1.71. The number of carbonyl (C=O) groups is 1. The summed E-state index contributed by atoms with van der Waals surface area (Å²) in [6.45, 7) is 0.0327. The van der Waals surface area contributed by atoms with Crippen LogP contribution in [-0.4, -0.2) is 35.0 Å². The highest BCUT2D eigenvalue weighted by Crippen LogP contribution is 2.54.